The van der Waals surface area contributed by atoms with Crippen LogP contribution in [0.1, 0.15) is 39.1 Å². The molecule has 2 heterocycles. The zero-order chi connectivity index (χ0) is 18.1. The number of hydrogen-bond donors (Lipinski definition) is 0. The Morgan fingerprint density at radius 1 is 0.920 bits per heavy atom. The summed E-state index contributed by atoms with van der Waals surface area (Å²) < 4.78 is 0.238. The number of hydrogen-bond acceptors (Lipinski definition) is 4. The van der Waals surface area contributed by atoms with Crippen LogP contribution in [0.3, 0.4) is 0 Å². The Labute approximate surface area is 157 Å². The van der Waals surface area contributed by atoms with E-state index < -0.39 is 0 Å². The van der Waals surface area contributed by atoms with Gasteiger partial charge in [-0.3, -0.25) is 9.97 Å². The molecular formula is C21H31N3S. The summed E-state index contributed by atoms with van der Waals surface area (Å²) >= 11 is 2.06. The number of thioether (sulfide) groups is 1. The zero-order valence-corrected chi connectivity index (χ0v) is 16.8. The molecule has 0 unspecified atom stereocenters. The fourth-order valence-electron chi connectivity index (χ4n) is 3.12. The monoisotopic (exact) mass is 357 g/mol. The molecule has 0 saturated carbocycles. The number of aromatic nitrogens is 2. The molecule has 0 bridgehead atoms. The lowest BCUT2D eigenvalue weighted by molar-refractivity contribution is 0.260. The van der Waals surface area contributed by atoms with Crippen LogP contribution < -0.4 is 0 Å². The molecule has 0 aliphatic carbocycles. The van der Waals surface area contributed by atoms with Crippen LogP contribution >= 0.6 is 11.8 Å². The van der Waals surface area contributed by atoms with Gasteiger partial charge in [-0.25, -0.2) is 0 Å². The van der Waals surface area contributed by atoms with Crippen LogP contribution in [0.25, 0.3) is 0 Å². The molecule has 0 radical (unpaired) electrons. The first-order chi connectivity index (χ1) is 11.9. The van der Waals surface area contributed by atoms with E-state index in [1.807, 2.05) is 24.5 Å². The first-order valence-corrected chi connectivity index (χ1v) is 10.0. The highest BCUT2D eigenvalue weighted by Crippen LogP contribution is 2.29. The van der Waals surface area contributed by atoms with Crippen molar-refractivity contribution in [2.45, 2.75) is 50.5 Å². The van der Waals surface area contributed by atoms with Crippen LogP contribution in [0.5, 0.6) is 0 Å². The van der Waals surface area contributed by atoms with E-state index in [1.54, 1.807) is 0 Å². The van der Waals surface area contributed by atoms with Crippen molar-refractivity contribution in [1.29, 1.82) is 0 Å². The highest BCUT2D eigenvalue weighted by molar-refractivity contribution is 8.01. The predicted molar refractivity (Wildman–Crippen MR) is 109 cm³/mol. The van der Waals surface area contributed by atoms with Crippen molar-refractivity contribution in [3.05, 3.63) is 60.2 Å². The van der Waals surface area contributed by atoms with Gasteiger partial charge in [0.05, 0.1) is 0 Å². The summed E-state index contributed by atoms with van der Waals surface area (Å²) in [6.07, 6.45) is 5.75. The lowest BCUT2D eigenvalue weighted by Gasteiger charge is -2.33. The standard InChI is InChI=1S/C21H31N3S/c1-18(2)25-21(3,4)17-24(15-11-19-9-5-7-13-22-19)16-12-20-10-6-8-14-23-20/h5-10,13-14,18H,11-12,15-17H2,1-4H3. The van der Waals surface area contributed by atoms with E-state index in [0.29, 0.717) is 5.25 Å². The highest BCUT2D eigenvalue weighted by atomic mass is 32.2. The molecule has 0 N–H and O–H groups in total. The van der Waals surface area contributed by atoms with Gasteiger partial charge in [-0.2, -0.15) is 11.8 Å². The van der Waals surface area contributed by atoms with Crippen LogP contribution in [0, 0.1) is 0 Å². The molecular weight excluding hydrogens is 326 g/mol. The fraction of sp³-hybridized carbons (Fsp3) is 0.524. The van der Waals surface area contributed by atoms with E-state index in [4.69, 9.17) is 0 Å². The molecule has 25 heavy (non-hydrogen) atoms. The van der Waals surface area contributed by atoms with E-state index in [9.17, 15) is 0 Å². The molecule has 0 aliphatic rings. The summed E-state index contributed by atoms with van der Waals surface area (Å²) in [7, 11) is 0. The van der Waals surface area contributed by atoms with Crippen LogP contribution in [0.15, 0.2) is 48.8 Å². The molecule has 3 nitrogen and oxygen atoms in total. The fourth-order valence-corrected chi connectivity index (χ4v) is 4.65. The second-order valence-corrected chi connectivity index (χ2v) is 9.63. The van der Waals surface area contributed by atoms with Gasteiger partial charge in [0.1, 0.15) is 0 Å². The van der Waals surface area contributed by atoms with Crippen molar-refractivity contribution in [3.63, 3.8) is 0 Å². The molecule has 0 aromatic carbocycles. The van der Waals surface area contributed by atoms with Crippen molar-refractivity contribution in [2.24, 2.45) is 0 Å². The van der Waals surface area contributed by atoms with E-state index in [1.165, 1.54) is 11.4 Å². The first-order valence-electron chi connectivity index (χ1n) is 9.14. The third-order valence-electron chi connectivity index (χ3n) is 3.98. The van der Waals surface area contributed by atoms with E-state index >= 15 is 0 Å². The Morgan fingerprint density at radius 3 is 1.84 bits per heavy atom. The highest BCUT2D eigenvalue weighted by Gasteiger charge is 2.23. The van der Waals surface area contributed by atoms with Crippen molar-refractivity contribution < 1.29 is 0 Å². The Morgan fingerprint density at radius 2 is 1.44 bits per heavy atom. The maximum absolute atomic E-state index is 4.47. The normalized spacial score (nSPS) is 12.1. The van der Waals surface area contributed by atoms with Crippen molar-refractivity contribution in [2.75, 3.05) is 19.6 Å². The smallest absolute Gasteiger partial charge is 0.0416 e. The minimum Gasteiger partial charge on any atom is -0.301 e. The quantitative estimate of drug-likeness (QED) is 0.627. The predicted octanol–water partition coefficient (Wildman–Crippen LogP) is 4.48. The topological polar surface area (TPSA) is 29.0 Å². The summed E-state index contributed by atoms with van der Waals surface area (Å²) in [5.74, 6) is 0. The Hall–Kier alpha value is -1.39. The Kier molecular flexibility index (Phi) is 7.91. The minimum absolute atomic E-state index is 0.238. The van der Waals surface area contributed by atoms with Gasteiger partial charge < -0.3 is 4.90 Å². The second-order valence-electron chi connectivity index (χ2n) is 7.34. The Bertz CT molecular complexity index is 556. The summed E-state index contributed by atoms with van der Waals surface area (Å²) in [5.41, 5.74) is 2.33. The number of pyridine rings is 2. The van der Waals surface area contributed by atoms with Gasteiger partial charge in [0, 0.05) is 61.0 Å². The molecule has 0 spiro atoms. The van der Waals surface area contributed by atoms with Crippen molar-refractivity contribution in [1.82, 2.24) is 14.9 Å². The average molecular weight is 358 g/mol. The van der Waals surface area contributed by atoms with Gasteiger partial charge in [0.2, 0.25) is 0 Å². The minimum atomic E-state index is 0.238. The molecule has 2 rings (SSSR count). The largest absolute Gasteiger partial charge is 0.301 e. The first kappa shape index (κ1) is 19.9. The third-order valence-corrected chi connectivity index (χ3v) is 5.22. The number of rotatable bonds is 10. The van der Waals surface area contributed by atoms with Crippen molar-refractivity contribution in [3.8, 4) is 0 Å². The molecule has 4 heteroatoms. The van der Waals surface area contributed by atoms with Gasteiger partial charge in [-0.15, -0.1) is 0 Å². The summed E-state index contributed by atoms with van der Waals surface area (Å²) in [4.78, 5) is 11.5. The van der Waals surface area contributed by atoms with Crippen LogP contribution in [0.2, 0.25) is 0 Å². The summed E-state index contributed by atoms with van der Waals surface area (Å²) in [6.45, 7) is 12.4. The molecule has 2 aromatic rings. The zero-order valence-electron chi connectivity index (χ0n) is 16.0. The molecule has 0 saturated heterocycles. The van der Waals surface area contributed by atoms with Gasteiger partial charge in [-0.1, -0.05) is 26.0 Å². The molecule has 0 aliphatic heterocycles. The molecule has 2 aromatic heterocycles. The van der Waals surface area contributed by atoms with Gasteiger partial charge in [-0.05, 0) is 43.4 Å². The van der Waals surface area contributed by atoms with Crippen molar-refractivity contribution >= 4 is 11.8 Å². The number of nitrogens with zero attached hydrogens (tertiary/aromatic N) is 3. The maximum atomic E-state index is 4.47. The molecule has 0 amide bonds. The lowest BCUT2D eigenvalue weighted by atomic mass is 10.1. The van der Waals surface area contributed by atoms with E-state index in [2.05, 4.69) is 78.6 Å². The molecule has 136 valence electrons. The molecule has 0 fully saturated rings. The van der Waals surface area contributed by atoms with E-state index in [0.717, 1.165) is 32.5 Å². The van der Waals surface area contributed by atoms with Gasteiger partial charge in [0.25, 0.3) is 0 Å². The SMILES string of the molecule is CC(C)SC(C)(C)CN(CCc1ccccn1)CCc1ccccn1. The third kappa shape index (κ3) is 8.02. The average Bonchev–Trinajstić information content (AvgIpc) is 2.58. The van der Waals surface area contributed by atoms with E-state index in [-0.39, 0.29) is 4.75 Å². The van der Waals surface area contributed by atoms with Crippen LogP contribution in [-0.2, 0) is 12.8 Å². The lowest BCUT2D eigenvalue weighted by Crippen LogP contribution is -2.39. The summed E-state index contributed by atoms with van der Waals surface area (Å²) in [5, 5.41) is 0.642. The Balaban J connectivity index is 1.96. The van der Waals surface area contributed by atoms with Crippen LogP contribution in [0.4, 0.5) is 0 Å². The summed E-state index contributed by atoms with van der Waals surface area (Å²) in [6, 6.07) is 12.3. The molecule has 0 atom stereocenters. The van der Waals surface area contributed by atoms with Crippen LogP contribution in [-0.4, -0.2) is 44.5 Å². The second kappa shape index (κ2) is 9.93. The van der Waals surface area contributed by atoms with Gasteiger partial charge in [0.15, 0.2) is 0 Å². The maximum Gasteiger partial charge on any atom is 0.0416 e. The van der Waals surface area contributed by atoms with Gasteiger partial charge >= 0.3 is 0 Å².